The summed E-state index contributed by atoms with van der Waals surface area (Å²) in [4.78, 5) is 15.4. The predicted molar refractivity (Wildman–Crippen MR) is 140 cm³/mol. The summed E-state index contributed by atoms with van der Waals surface area (Å²) in [7, 11) is -3.99. The van der Waals surface area contributed by atoms with Gasteiger partial charge < -0.3 is 15.0 Å². The molecule has 0 unspecified atom stereocenters. The molecule has 1 N–H and O–H groups in total. The number of carbonyl (C=O) groups excluding carboxylic acids is 1. The molecule has 1 aliphatic rings. The standard InChI is InChI=1S/C27H31N3O4S/c1-3-34-25-14-16-26(17-15-25)35(32,33)30(24-10-6-21(2)7-11-24)20-27(31)28-22-8-12-23(13-9-22)29-18-4-5-19-29/h6-17H,3-5,18-20H2,1-2H3,(H,28,31). The molecular weight excluding hydrogens is 462 g/mol. The van der Waals surface area contributed by atoms with E-state index in [0.29, 0.717) is 23.7 Å². The van der Waals surface area contributed by atoms with E-state index in [1.54, 1.807) is 24.3 Å². The highest BCUT2D eigenvalue weighted by molar-refractivity contribution is 7.92. The smallest absolute Gasteiger partial charge is 0.264 e. The second kappa shape index (κ2) is 10.8. The zero-order chi connectivity index (χ0) is 24.8. The summed E-state index contributed by atoms with van der Waals surface area (Å²) in [5.41, 5.74) is 3.17. The minimum atomic E-state index is -3.99. The molecule has 1 heterocycles. The van der Waals surface area contributed by atoms with Crippen molar-refractivity contribution < 1.29 is 17.9 Å². The Labute approximate surface area is 207 Å². The molecule has 0 bridgehead atoms. The first kappa shape index (κ1) is 24.6. The summed E-state index contributed by atoms with van der Waals surface area (Å²) in [5, 5.41) is 2.84. The van der Waals surface area contributed by atoms with E-state index in [-0.39, 0.29) is 11.4 Å². The van der Waals surface area contributed by atoms with Crippen LogP contribution in [-0.2, 0) is 14.8 Å². The Morgan fingerprint density at radius 1 is 0.943 bits per heavy atom. The fraction of sp³-hybridized carbons (Fsp3) is 0.296. The number of hydrogen-bond donors (Lipinski definition) is 1. The number of amides is 1. The number of sulfonamides is 1. The Morgan fingerprint density at radius 2 is 1.57 bits per heavy atom. The van der Waals surface area contributed by atoms with Gasteiger partial charge in [0, 0.05) is 24.5 Å². The Kier molecular flexibility index (Phi) is 7.60. The summed E-state index contributed by atoms with van der Waals surface area (Å²) >= 11 is 0. The van der Waals surface area contributed by atoms with Gasteiger partial charge in [-0.2, -0.15) is 0 Å². The number of aryl methyl sites for hydroxylation is 1. The second-order valence-corrected chi connectivity index (χ2v) is 10.4. The average Bonchev–Trinajstić information content (AvgIpc) is 3.39. The fourth-order valence-electron chi connectivity index (χ4n) is 4.09. The molecule has 1 saturated heterocycles. The number of benzene rings is 3. The van der Waals surface area contributed by atoms with Crippen LogP contribution in [0.5, 0.6) is 5.75 Å². The van der Waals surface area contributed by atoms with E-state index in [1.165, 1.54) is 25.0 Å². The zero-order valence-electron chi connectivity index (χ0n) is 20.1. The number of nitrogens with one attached hydrogen (secondary N) is 1. The van der Waals surface area contributed by atoms with Gasteiger partial charge in [0.05, 0.1) is 17.2 Å². The number of anilines is 3. The lowest BCUT2D eigenvalue weighted by molar-refractivity contribution is -0.114. The highest BCUT2D eigenvalue weighted by atomic mass is 32.2. The number of rotatable bonds is 9. The van der Waals surface area contributed by atoms with Crippen molar-refractivity contribution in [3.05, 3.63) is 78.4 Å². The van der Waals surface area contributed by atoms with Crippen LogP contribution in [0.4, 0.5) is 17.1 Å². The first-order valence-corrected chi connectivity index (χ1v) is 13.3. The van der Waals surface area contributed by atoms with Crippen molar-refractivity contribution in [3.63, 3.8) is 0 Å². The second-order valence-electron chi connectivity index (χ2n) is 8.54. The van der Waals surface area contributed by atoms with Crippen LogP contribution in [0.2, 0.25) is 0 Å². The van der Waals surface area contributed by atoms with Crippen LogP contribution in [0.15, 0.2) is 77.7 Å². The van der Waals surface area contributed by atoms with E-state index in [0.717, 1.165) is 28.6 Å². The van der Waals surface area contributed by atoms with Crippen LogP contribution in [0.1, 0.15) is 25.3 Å². The zero-order valence-corrected chi connectivity index (χ0v) is 20.9. The van der Waals surface area contributed by atoms with E-state index in [9.17, 15) is 13.2 Å². The van der Waals surface area contributed by atoms with Gasteiger partial charge in [-0.05, 0) is 87.4 Å². The van der Waals surface area contributed by atoms with Crippen LogP contribution in [0.25, 0.3) is 0 Å². The van der Waals surface area contributed by atoms with Crippen LogP contribution < -0.4 is 19.3 Å². The summed E-state index contributed by atoms with van der Waals surface area (Å²) in [6.45, 7) is 6.00. The van der Waals surface area contributed by atoms with E-state index in [1.807, 2.05) is 50.2 Å². The highest BCUT2D eigenvalue weighted by Crippen LogP contribution is 2.26. The molecule has 4 rings (SSSR count). The number of carbonyl (C=O) groups is 1. The minimum Gasteiger partial charge on any atom is -0.494 e. The SMILES string of the molecule is CCOc1ccc(S(=O)(=O)N(CC(=O)Nc2ccc(N3CCCC3)cc2)c2ccc(C)cc2)cc1. The van der Waals surface area contributed by atoms with Gasteiger partial charge in [0.25, 0.3) is 10.0 Å². The van der Waals surface area contributed by atoms with Gasteiger partial charge in [0.1, 0.15) is 12.3 Å². The van der Waals surface area contributed by atoms with E-state index in [4.69, 9.17) is 4.74 Å². The lowest BCUT2D eigenvalue weighted by Crippen LogP contribution is -2.38. The molecule has 0 aromatic heterocycles. The molecule has 0 spiro atoms. The first-order chi connectivity index (χ1) is 16.9. The fourth-order valence-corrected chi connectivity index (χ4v) is 5.51. The molecule has 184 valence electrons. The van der Waals surface area contributed by atoms with E-state index in [2.05, 4.69) is 10.2 Å². The van der Waals surface area contributed by atoms with Crippen molar-refractivity contribution in [1.29, 1.82) is 0 Å². The molecule has 3 aromatic carbocycles. The third-order valence-electron chi connectivity index (χ3n) is 5.95. The molecule has 1 aliphatic heterocycles. The van der Waals surface area contributed by atoms with Crippen molar-refractivity contribution in [1.82, 2.24) is 0 Å². The molecule has 35 heavy (non-hydrogen) atoms. The quantitative estimate of drug-likeness (QED) is 0.462. The van der Waals surface area contributed by atoms with Crippen molar-refractivity contribution in [2.45, 2.75) is 31.6 Å². The topological polar surface area (TPSA) is 79.0 Å². The van der Waals surface area contributed by atoms with Crippen LogP contribution in [0, 0.1) is 6.92 Å². The maximum absolute atomic E-state index is 13.6. The van der Waals surface area contributed by atoms with Crippen molar-refractivity contribution in [3.8, 4) is 5.75 Å². The van der Waals surface area contributed by atoms with Crippen molar-refractivity contribution in [2.24, 2.45) is 0 Å². The molecule has 1 amide bonds. The van der Waals surface area contributed by atoms with E-state index < -0.39 is 15.9 Å². The predicted octanol–water partition coefficient (Wildman–Crippen LogP) is 4.83. The van der Waals surface area contributed by atoms with Gasteiger partial charge in [-0.15, -0.1) is 0 Å². The lowest BCUT2D eigenvalue weighted by atomic mass is 10.2. The molecular formula is C27H31N3O4S. The minimum absolute atomic E-state index is 0.0873. The Bertz CT molecular complexity index is 1240. The average molecular weight is 494 g/mol. The van der Waals surface area contributed by atoms with Gasteiger partial charge in [-0.1, -0.05) is 17.7 Å². The molecule has 0 saturated carbocycles. The summed E-state index contributed by atoms with van der Waals surface area (Å²) in [6, 6.07) is 21.0. The molecule has 1 fully saturated rings. The number of nitrogens with zero attached hydrogens (tertiary/aromatic N) is 2. The Morgan fingerprint density at radius 3 is 2.17 bits per heavy atom. The third kappa shape index (κ3) is 5.95. The van der Waals surface area contributed by atoms with E-state index >= 15 is 0 Å². The van der Waals surface area contributed by atoms with Crippen LogP contribution >= 0.6 is 0 Å². The number of ether oxygens (including phenoxy) is 1. The molecule has 0 radical (unpaired) electrons. The normalized spacial score (nSPS) is 13.5. The Balaban J connectivity index is 1.54. The monoisotopic (exact) mass is 493 g/mol. The highest BCUT2D eigenvalue weighted by Gasteiger charge is 2.27. The summed E-state index contributed by atoms with van der Waals surface area (Å²) in [5.74, 6) is 0.164. The van der Waals surface area contributed by atoms with Crippen molar-refractivity contribution >= 4 is 33.0 Å². The lowest BCUT2D eigenvalue weighted by Gasteiger charge is -2.24. The van der Waals surface area contributed by atoms with Gasteiger partial charge in [-0.3, -0.25) is 9.10 Å². The summed E-state index contributed by atoms with van der Waals surface area (Å²) in [6.07, 6.45) is 2.38. The molecule has 0 aliphatic carbocycles. The van der Waals surface area contributed by atoms with Gasteiger partial charge >= 0.3 is 0 Å². The molecule has 0 atom stereocenters. The Hall–Kier alpha value is -3.52. The van der Waals surface area contributed by atoms with Crippen LogP contribution in [0.3, 0.4) is 0 Å². The molecule has 3 aromatic rings. The molecule has 8 heteroatoms. The largest absolute Gasteiger partial charge is 0.494 e. The maximum Gasteiger partial charge on any atom is 0.264 e. The summed E-state index contributed by atoms with van der Waals surface area (Å²) < 4.78 is 33.7. The van der Waals surface area contributed by atoms with Gasteiger partial charge in [0.15, 0.2) is 0 Å². The van der Waals surface area contributed by atoms with Crippen molar-refractivity contribution in [2.75, 3.05) is 40.8 Å². The van der Waals surface area contributed by atoms with Gasteiger partial charge in [0.2, 0.25) is 5.91 Å². The first-order valence-electron chi connectivity index (χ1n) is 11.8. The van der Waals surface area contributed by atoms with Crippen LogP contribution in [-0.4, -0.2) is 40.6 Å². The van der Waals surface area contributed by atoms with Gasteiger partial charge in [-0.25, -0.2) is 8.42 Å². The number of hydrogen-bond acceptors (Lipinski definition) is 5. The molecule has 7 nitrogen and oxygen atoms in total. The maximum atomic E-state index is 13.6. The third-order valence-corrected chi connectivity index (χ3v) is 7.74.